The number of carbonyl (C=O) groups is 2. The van der Waals surface area contributed by atoms with Gasteiger partial charge in [-0.15, -0.1) is 0 Å². The Hall–Kier alpha value is -1.60. The summed E-state index contributed by atoms with van der Waals surface area (Å²) in [7, 11) is 0. The Morgan fingerprint density at radius 3 is 3.14 bits per heavy atom. The lowest BCUT2D eigenvalue weighted by atomic mass is 10.1. The third-order valence-electron chi connectivity index (χ3n) is 3.24. The smallest absolute Gasteiger partial charge is 0.325 e. The highest BCUT2D eigenvalue weighted by molar-refractivity contribution is 8.14. The molecule has 0 aromatic carbocycles. The number of hydrogen-bond donors (Lipinski definition) is 1. The highest BCUT2D eigenvalue weighted by Gasteiger charge is 2.21. The van der Waals surface area contributed by atoms with E-state index in [-0.39, 0.29) is 22.9 Å². The molecule has 7 heteroatoms. The molecule has 0 amide bonds. The number of aromatic nitrogens is 2. The number of ether oxygens (including phenoxy) is 1. The number of esters is 1. The summed E-state index contributed by atoms with van der Waals surface area (Å²) in [4.78, 5) is 27.1. The van der Waals surface area contributed by atoms with Gasteiger partial charge in [0.25, 0.3) is 0 Å². The summed E-state index contributed by atoms with van der Waals surface area (Å²) in [5.74, 6) is -0.275. The van der Waals surface area contributed by atoms with Crippen LogP contribution >= 0.6 is 11.8 Å². The van der Waals surface area contributed by atoms with Crippen LogP contribution in [0.3, 0.4) is 0 Å². The maximum Gasteiger partial charge on any atom is 0.325 e. The third-order valence-corrected chi connectivity index (χ3v) is 4.39. The van der Waals surface area contributed by atoms with E-state index >= 15 is 0 Å². The molecule has 0 spiro atoms. The number of rotatable bonds is 5. The van der Waals surface area contributed by atoms with Gasteiger partial charge in [-0.05, 0) is 31.5 Å². The van der Waals surface area contributed by atoms with Crippen molar-refractivity contribution in [1.82, 2.24) is 14.9 Å². The quantitative estimate of drug-likeness (QED) is 0.827. The minimum absolute atomic E-state index is 0.130. The normalized spacial score (nSPS) is 20.1. The lowest BCUT2D eigenvalue weighted by Crippen LogP contribution is -2.32. The number of thioether (sulfide) groups is 1. The average molecular weight is 323 g/mol. The number of nitrogens with zero attached hydrogens (tertiary/aromatic N) is 2. The molecule has 0 aliphatic carbocycles. The van der Waals surface area contributed by atoms with E-state index in [1.165, 1.54) is 11.8 Å². The molecule has 6 nitrogen and oxygen atoms in total. The van der Waals surface area contributed by atoms with Gasteiger partial charge in [0, 0.05) is 24.9 Å². The second kappa shape index (κ2) is 8.14. The van der Waals surface area contributed by atoms with Gasteiger partial charge < -0.3 is 14.6 Å². The van der Waals surface area contributed by atoms with E-state index < -0.39 is 0 Å². The molecular formula is C15H21N3O3S. The van der Waals surface area contributed by atoms with Crippen LogP contribution in [0.5, 0.6) is 0 Å². The van der Waals surface area contributed by atoms with Gasteiger partial charge in [-0.2, -0.15) is 0 Å². The zero-order chi connectivity index (χ0) is 15.9. The molecule has 1 saturated heterocycles. The summed E-state index contributed by atoms with van der Waals surface area (Å²) >= 11 is 1.37. The molecule has 1 aliphatic heterocycles. The van der Waals surface area contributed by atoms with Crippen molar-refractivity contribution < 1.29 is 14.3 Å². The Balaban J connectivity index is 2.05. The molecule has 0 bridgehead atoms. The summed E-state index contributed by atoms with van der Waals surface area (Å²) in [6.45, 7) is 5.59. The van der Waals surface area contributed by atoms with Crippen molar-refractivity contribution in [2.75, 3.05) is 19.7 Å². The fourth-order valence-electron chi connectivity index (χ4n) is 2.33. The molecule has 120 valence electrons. The van der Waals surface area contributed by atoms with Crippen LogP contribution in [0.2, 0.25) is 0 Å². The Labute approximate surface area is 134 Å². The molecule has 2 heterocycles. The van der Waals surface area contributed by atoms with Crippen LogP contribution in [0.15, 0.2) is 18.1 Å². The van der Waals surface area contributed by atoms with Crippen LogP contribution in [0.4, 0.5) is 0 Å². The van der Waals surface area contributed by atoms with Crippen molar-refractivity contribution in [3.05, 3.63) is 23.8 Å². The maximum atomic E-state index is 11.4. The lowest BCUT2D eigenvalue weighted by Gasteiger charge is -2.24. The lowest BCUT2D eigenvalue weighted by molar-refractivity contribution is -0.143. The Bertz CT molecular complexity index is 568. The zero-order valence-corrected chi connectivity index (χ0v) is 13.7. The molecule has 1 aromatic rings. The zero-order valence-electron chi connectivity index (χ0n) is 12.9. The second-order valence-electron chi connectivity index (χ2n) is 5.06. The molecule has 1 fully saturated rings. The van der Waals surface area contributed by atoms with Gasteiger partial charge in [-0.25, -0.2) is 4.98 Å². The summed E-state index contributed by atoms with van der Waals surface area (Å²) in [6.07, 6.45) is 6.36. The van der Waals surface area contributed by atoms with Crippen molar-refractivity contribution in [2.24, 2.45) is 0 Å². The van der Waals surface area contributed by atoms with Crippen LogP contribution in [-0.4, -0.2) is 45.6 Å². The van der Waals surface area contributed by atoms with Gasteiger partial charge in [0.2, 0.25) is 0 Å². The first-order chi connectivity index (χ1) is 10.6. The molecule has 22 heavy (non-hydrogen) atoms. The molecular weight excluding hydrogens is 302 g/mol. The van der Waals surface area contributed by atoms with Gasteiger partial charge in [-0.1, -0.05) is 11.8 Å². The minimum atomic E-state index is -0.275. The molecule has 2 rings (SSSR count). The number of carbonyl (C=O) groups excluding carboxylic acids is 2. The van der Waals surface area contributed by atoms with Crippen molar-refractivity contribution in [3.8, 4) is 0 Å². The van der Waals surface area contributed by atoms with Crippen LogP contribution in [0.25, 0.3) is 6.08 Å². The van der Waals surface area contributed by atoms with E-state index in [9.17, 15) is 9.59 Å². The van der Waals surface area contributed by atoms with Crippen molar-refractivity contribution >= 4 is 28.9 Å². The molecule has 1 atom stereocenters. The first-order valence-corrected chi connectivity index (χ1v) is 8.22. The van der Waals surface area contributed by atoms with Crippen molar-refractivity contribution in [3.63, 3.8) is 0 Å². The van der Waals surface area contributed by atoms with Gasteiger partial charge in [0.05, 0.1) is 18.6 Å². The van der Waals surface area contributed by atoms with Gasteiger partial charge in [0.15, 0.2) is 5.12 Å². The van der Waals surface area contributed by atoms with Gasteiger partial charge in [-0.3, -0.25) is 9.59 Å². The molecule has 0 saturated carbocycles. The molecule has 1 aromatic heterocycles. The van der Waals surface area contributed by atoms with E-state index in [1.54, 1.807) is 24.7 Å². The Morgan fingerprint density at radius 1 is 1.59 bits per heavy atom. The minimum Gasteiger partial charge on any atom is -0.465 e. The standard InChI is InChI=1S/C15H21N3O3S/c1-3-21-15(20)9-18-8-13(17-10-18)6-12-7-16-5-4-14(12)22-11(2)19/h6,8,10,14,16H,3-5,7,9H2,1-2H3. The van der Waals surface area contributed by atoms with E-state index in [0.717, 1.165) is 30.8 Å². The highest BCUT2D eigenvalue weighted by Crippen LogP contribution is 2.26. The molecule has 1 aliphatic rings. The highest BCUT2D eigenvalue weighted by atomic mass is 32.2. The number of piperidine rings is 1. The summed E-state index contributed by atoms with van der Waals surface area (Å²) in [6, 6.07) is 0. The second-order valence-corrected chi connectivity index (χ2v) is 6.44. The van der Waals surface area contributed by atoms with E-state index in [1.807, 2.05) is 12.3 Å². The van der Waals surface area contributed by atoms with E-state index in [0.29, 0.717) is 6.61 Å². The first-order valence-electron chi connectivity index (χ1n) is 7.34. The fraction of sp³-hybridized carbons (Fsp3) is 0.533. The Morgan fingerprint density at radius 2 is 2.41 bits per heavy atom. The van der Waals surface area contributed by atoms with Crippen molar-refractivity contribution in [1.29, 1.82) is 0 Å². The van der Waals surface area contributed by atoms with E-state index in [4.69, 9.17) is 4.74 Å². The summed E-state index contributed by atoms with van der Waals surface area (Å²) in [5, 5.41) is 3.65. The Kier molecular flexibility index (Phi) is 6.21. The van der Waals surface area contributed by atoms with Crippen LogP contribution < -0.4 is 5.32 Å². The SMILES string of the molecule is CCOC(=O)Cn1cnc(C=C2CNCCC2SC(C)=O)c1. The molecule has 1 N–H and O–H groups in total. The topological polar surface area (TPSA) is 73.2 Å². The largest absolute Gasteiger partial charge is 0.465 e. The molecule has 0 radical (unpaired) electrons. The predicted octanol–water partition coefficient (Wildman–Crippen LogP) is 1.47. The van der Waals surface area contributed by atoms with Crippen LogP contribution in [0.1, 0.15) is 26.0 Å². The third kappa shape index (κ3) is 4.99. The van der Waals surface area contributed by atoms with Crippen LogP contribution in [0, 0.1) is 0 Å². The predicted molar refractivity (Wildman–Crippen MR) is 86.4 cm³/mol. The number of hydrogen-bond acceptors (Lipinski definition) is 6. The fourth-order valence-corrected chi connectivity index (χ4v) is 3.27. The average Bonchev–Trinajstić information content (AvgIpc) is 2.88. The summed E-state index contributed by atoms with van der Waals surface area (Å²) < 4.78 is 6.61. The van der Waals surface area contributed by atoms with Crippen LogP contribution in [-0.2, 0) is 20.9 Å². The van der Waals surface area contributed by atoms with Crippen molar-refractivity contribution in [2.45, 2.75) is 32.1 Å². The van der Waals surface area contributed by atoms with Gasteiger partial charge in [0.1, 0.15) is 6.54 Å². The first kappa shape index (κ1) is 16.8. The molecule has 1 unspecified atom stereocenters. The summed E-state index contributed by atoms with van der Waals surface area (Å²) in [5.41, 5.74) is 1.95. The number of nitrogens with one attached hydrogen (secondary N) is 1. The monoisotopic (exact) mass is 323 g/mol. The van der Waals surface area contributed by atoms with Gasteiger partial charge >= 0.3 is 5.97 Å². The van der Waals surface area contributed by atoms with E-state index in [2.05, 4.69) is 10.3 Å². The number of imidazole rings is 1. The maximum absolute atomic E-state index is 11.4.